The number of ketones is 1. The van der Waals surface area contributed by atoms with Crippen molar-refractivity contribution in [2.45, 2.75) is 51.4 Å². The van der Waals surface area contributed by atoms with Crippen molar-refractivity contribution in [1.82, 2.24) is 0 Å². The molecule has 0 amide bonds. The fourth-order valence-corrected chi connectivity index (χ4v) is 2.34. The maximum absolute atomic E-state index is 11.9. The summed E-state index contributed by atoms with van der Waals surface area (Å²) in [6.45, 7) is 3.50. The van der Waals surface area contributed by atoms with Gasteiger partial charge in [0.05, 0.1) is 7.11 Å². The second kappa shape index (κ2) is 12.3. The van der Waals surface area contributed by atoms with Crippen LogP contribution in [-0.4, -0.2) is 25.5 Å². The molecule has 132 valence electrons. The molecule has 0 unspecified atom stereocenters. The molecular formula is C20H28O4. The Morgan fingerprint density at radius 3 is 2.25 bits per heavy atom. The second-order valence-corrected chi connectivity index (χ2v) is 5.76. The van der Waals surface area contributed by atoms with Gasteiger partial charge in [-0.1, -0.05) is 31.8 Å². The van der Waals surface area contributed by atoms with Crippen molar-refractivity contribution in [1.29, 1.82) is 0 Å². The average molecular weight is 332 g/mol. The number of Topliss-reactive ketones (excluding diaryl/α,β-unsaturated/α-hetero) is 1. The van der Waals surface area contributed by atoms with Gasteiger partial charge in [-0.25, -0.2) is 0 Å². The predicted molar refractivity (Wildman–Crippen MR) is 95.4 cm³/mol. The molecule has 0 heterocycles. The Bertz CT molecular complexity index is 505. The van der Waals surface area contributed by atoms with Crippen LogP contribution in [0.5, 0.6) is 5.75 Å². The summed E-state index contributed by atoms with van der Waals surface area (Å²) in [6, 6.07) is 6.76. The molecule has 0 saturated carbocycles. The molecule has 0 aliphatic carbocycles. The molecule has 0 aliphatic rings. The fraction of sp³-hybridized carbons (Fsp3) is 0.500. The first-order valence-corrected chi connectivity index (χ1v) is 8.61. The summed E-state index contributed by atoms with van der Waals surface area (Å²) >= 11 is 0. The third-order valence-corrected chi connectivity index (χ3v) is 3.82. The number of hydrogen-bond acceptors (Lipinski definition) is 4. The van der Waals surface area contributed by atoms with Crippen LogP contribution in [0.3, 0.4) is 0 Å². The van der Waals surface area contributed by atoms with Crippen molar-refractivity contribution in [3.63, 3.8) is 0 Å². The van der Waals surface area contributed by atoms with Gasteiger partial charge in [0.1, 0.15) is 5.75 Å². The number of esters is 1. The summed E-state index contributed by atoms with van der Waals surface area (Å²) in [5, 5.41) is 0. The van der Waals surface area contributed by atoms with Crippen molar-refractivity contribution in [3.05, 3.63) is 42.5 Å². The largest absolute Gasteiger partial charge is 0.497 e. The molecule has 4 heteroatoms. The van der Waals surface area contributed by atoms with Crippen LogP contribution in [0.15, 0.2) is 36.9 Å². The van der Waals surface area contributed by atoms with E-state index in [0.717, 1.165) is 25.7 Å². The van der Waals surface area contributed by atoms with E-state index in [1.807, 2.05) is 6.08 Å². The Morgan fingerprint density at radius 1 is 1.00 bits per heavy atom. The Balaban J connectivity index is 2.10. The van der Waals surface area contributed by atoms with Gasteiger partial charge in [-0.3, -0.25) is 9.59 Å². The number of ether oxygens (including phenoxy) is 2. The fourth-order valence-electron chi connectivity index (χ4n) is 2.34. The quantitative estimate of drug-likeness (QED) is 0.227. The number of carbonyl (C=O) groups excluding carboxylic acids is 2. The number of methoxy groups -OCH3 is 1. The lowest BCUT2D eigenvalue weighted by Crippen LogP contribution is -2.13. The number of rotatable bonds is 13. The van der Waals surface area contributed by atoms with E-state index in [-0.39, 0.29) is 18.4 Å². The zero-order chi connectivity index (χ0) is 17.6. The molecule has 0 bridgehead atoms. The highest BCUT2D eigenvalue weighted by Gasteiger charge is 2.10. The SMILES string of the molecule is C=CCCCCCCCCC(=O)OCC(=O)c1ccc(OC)cc1. The molecule has 0 aromatic heterocycles. The zero-order valence-corrected chi connectivity index (χ0v) is 14.6. The smallest absolute Gasteiger partial charge is 0.306 e. The lowest BCUT2D eigenvalue weighted by Gasteiger charge is -2.05. The molecule has 1 aromatic carbocycles. The molecule has 0 atom stereocenters. The molecule has 0 aliphatic heterocycles. The highest BCUT2D eigenvalue weighted by atomic mass is 16.5. The summed E-state index contributed by atoms with van der Waals surface area (Å²) in [5.74, 6) is 0.185. The summed E-state index contributed by atoms with van der Waals surface area (Å²) in [4.78, 5) is 23.6. The van der Waals surface area contributed by atoms with E-state index in [1.54, 1.807) is 31.4 Å². The Morgan fingerprint density at radius 2 is 1.62 bits per heavy atom. The van der Waals surface area contributed by atoms with E-state index >= 15 is 0 Å². The molecule has 0 spiro atoms. The lowest BCUT2D eigenvalue weighted by atomic mass is 10.1. The number of allylic oxidation sites excluding steroid dienone is 1. The summed E-state index contributed by atoms with van der Waals surface area (Å²) in [7, 11) is 1.57. The van der Waals surface area contributed by atoms with Gasteiger partial charge in [0.25, 0.3) is 0 Å². The van der Waals surface area contributed by atoms with Crippen LogP contribution in [0.1, 0.15) is 61.7 Å². The van der Waals surface area contributed by atoms with E-state index in [0.29, 0.717) is 17.7 Å². The van der Waals surface area contributed by atoms with Crippen LogP contribution in [0, 0.1) is 0 Å². The highest BCUT2D eigenvalue weighted by Crippen LogP contribution is 2.12. The summed E-state index contributed by atoms with van der Waals surface area (Å²) < 4.78 is 10.1. The molecule has 4 nitrogen and oxygen atoms in total. The first-order chi connectivity index (χ1) is 11.7. The number of unbranched alkanes of at least 4 members (excludes halogenated alkanes) is 6. The van der Waals surface area contributed by atoms with Gasteiger partial charge in [-0.05, 0) is 43.5 Å². The second-order valence-electron chi connectivity index (χ2n) is 5.76. The molecule has 1 rings (SSSR count). The molecule has 24 heavy (non-hydrogen) atoms. The van der Waals surface area contributed by atoms with Crippen LogP contribution in [0.25, 0.3) is 0 Å². The van der Waals surface area contributed by atoms with Crippen LogP contribution < -0.4 is 4.74 Å². The Labute approximate surface area is 144 Å². The summed E-state index contributed by atoms with van der Waals surface area (Å²) in [6.07, 6.45) is 9.98. The molecule has 1 aromatic rings. The van der Waals surface area contributed by atoms with E-state index in [1.165, 1.54) is 19.3 Å². The van der Waals surface area contributed by atoms with Crippen LogP contribution >= 0.6 is 0 Å². The van der Waals surface area contributed by atoms with Gasteiger partial charge in [-0.15, -0.1) is 6.58 Å². The first-order valence-electron chi connectivity index (χ1n) is 8.61. The topological polar surface area (TPSA) is 52.6 Å². The zero-order valence-electron chi connectivity index (χ0n) is 14.6. The van der Waals surface area contributed by atoms with E-state index in [4.69, 9.17) is 9.47 Å². The Kier molecular flexibility index (Phi) is 10.3. The molecule has 0 radical (unpaired) electrons. The van der Waals surface area contributed by atoms with Crippen molar-refractivity contribution in [2.75, 3.05) is 13.7 Å². The predicted octanol–water partition coefficient (Wildman–Crippen LogP) is 4.73. The summed E-state index contributed by atoms with van der Waals surface area (Å²) in [5.41, 5.74) is 0.517. The van der Waals surface area contributed by atoms with Crippen LogP contribution in [0.2, 0.25) is 0 Å². The highest BCUT2D eigenvalue weighted by molar-refractivity contribution is 5.98. The average Bonchev–Trinajstić information content (AvgIpc) is 2.62. The maximum atomic E-state index is 11.9. The molecule has 0 N–H and O–H groups in total. The van der Waals surface area contributed by atoms with Gasteiger partial charge in [0.2, 0.25) is 0 Å². The maximum Gasteiger partial charge on any atom is 0.306 e. The van der Waals surface area contributed by atoms with Crippen molar-refractivity contribution in [3.8, 4) is 5.75 Å². The molecule has 0 fully saturated rings. The van der Waals surface area contributed by atoms with E-state index < -0.39 is 0 Å². The lowest BCUT2D eigenvalue weighted by molar-refractivity contribution is -0.142. The standard InChI is InChI=1S/C20H28O4/c1-3-4-5-6-7-8-9-10-11-20(22)24-16-19(21)17-12-14-18(23-2)15-13-17/h3,12-15H,1,4-11,16H2,2H3. The Hall–Kier alpha value is -2.10. The van der Waals surface area contributed by atoms with Gasteiger partial charge in [0, 0.05) is 12.0 Å². The monoisotopic (exact) mass is 332 g/mol. The minimum atomic E-state index is -0.302. The molecule has 0 saturated heterocycles. The van der Waals surface area contributed by atoms with Crippen LogP contribution in [-0.2, 0) is 9.53 Å². The van der Waals surface area contributed by atoms with Crippen molar-refractivity contribution < 1.29 is 19.1 Å². The van der Waals surface area contributed by atoms with Gasteiger partial charge in [-0.2, -0.15) is 0 Å². The van der Waals surface area contributed by atoms with E-state index in [2.05, 4.69) is 6.58 Å². The molecular weight excluding hydrogens is 304 g/mol. The normalized spacial score (nSPS) is 10.2. The minimum Gasteiger partial charge on any atom is -0.497 e. The van der Waals surface area contributed by atoms with E-state index in [9.17, 15) is 9.59 Å². The third-order valence-electron chi connectivity index (χ3n) is 3.82. The number of carbonyl (C=O) groups is 2. The number of benzene rings is 1. The van der Waals surface area contributed by atoms with Crippen molar-refractivity contribution in [2.24, 2.45) is 0 Å². The third kappa shape index (κ3) is 8.51. The first kappa shape index (κ1) is 19.9. The number of hydrogen-bond donors (Lipinski definition) is 0. The van der Waals surface area contributed by atoms with Crippen LogP contribution in [0.4, 0.5) is 0 Å². The van der Waals surface area contributed by atoms with Gasteiger partial charge in [0.15, 0.2) is 12.4 Å². The van der Waals surface area contributed by atoms with Gasteiger partial charge < -0.3 is 9.47 Å². The van der Waals surface area contributed by atoms with Gasteiger partial charge >= 0.3 is 5.97 Å². The minimum absolute atomic E-state index is 0.201. The van der Waals surface area contributed by atoms with Crippen molar-refractivity contribution >= 4 is 11.8 Å².